The van der Waals surface area contributed by atoms with Crippen LogP contribution in [0.1, 0.15) is 56.2 Å². The Balaban J connectivity index is 1.31. The van der Waals surface area contributed by atoms with Gasteiger partial charge in [-0.15, -0.1) is 0 Å². The highest BCUT2D eigenvalue weighted by molar-refractivity contribution is 6.03. The lowest BCUT2D eigenvalue weighted by molar-refractivity contribution is -0.145. The van der Waals surface area contributed by atoms with Crippen LogP contribution in [0.25, 0.3) is 0 Å². The largest absolute Gasteiger partial charge is 0.464 e. The minimum atomic E-state index is -0.814. The molecule has 0 aromatic heterocycles. The highest BCUT2D eigenvalue weighted by atomic mass is 16.5. The number of hydrogen-bond donors (Lipinski definition) is 1. The number of hydrogen-bond acceptors (Lipinski definition) is 4. The van der Waals surface area contributed by atoms with Crippen LogP contribution in [0.3, 0.4) is 0 Å². The molecule has 196 valence electrons. The van der Waals surface area contributed by atoms with Crippen molar-refractivity contribution in [3.05, 3.63) is 143 Å². The van der Waals surface area contributed by atoms with Gasteiger partial charge in [-0.25, -0.2) is 4.79 Å². The SMILES string of the molecule is CCOC(=O)[C@H](Cc1ccccc1)NC(=O)c1ccc(C(=O)C2[C@@H](c3ccccc3)[C@H]2c2ccccc2)cc1. The zero-order valence-corrected chi connectivity index (χ0v) is 21.8. The summed E-state index contributed by atoms with van der Waals surface area (Å²) in [5.74, 6) is -0.723. The molecule has 5 rings (SSSR count). The van der Waals surface area contributed by atoms with Gasteiger partial charge in [-0.3, -0.25) is 9.59 Å². The van der Waals surface area contributed by atoms with Crippen molar-refractivity contribution in [3.63, 3.8) is 0 Å². The summed E-state index contributed by atoms with van der Waals surface area (Å²) >= 11 is 0. The number of ketones is 1. The third-order valence-electron chi connectivity index (χ3n) is 7.28. The lowest BCUT2D eigenvalue weighted by Gasteiger charge is -2.17. The van der Waals surface area contributed by atoms with Crippen LogP contribution in [0, 0.1) is 5.92 Å². The van der Waals surface area contributed by atoms with Crippen molar-refractivity contribution in [2.75, 3.05) is 6.61 Å². The maximum absolute atomic E-state index is 13.6. The summed E-state index contributed by atoms with van der Waals surface area (Å²) in [5, 5.41) is 2.81. The molecular weight excluding hydrogens is 486 g/mol. The molecule has 1 aliphatic carbocycles. The van der Waals surface area contributed by atoms with Gasteiger partial charge in [0.15, 0.2) is 5.78 Å². The smallest absolute Gasteiger partial charge is 0.328 e. The summed E-state index contributed by atoms with van der Waals surface area (Å²) < 4.78 is 5.19. The number of ether oxygens (including phenoxy) is 1. The van der Waals surface area contributed by atoms with E-state index in [1.807, 2.05) is 66.7 Å². The zero-order chi connectivity index (χ0) is 27.2. The maximum Gasteiger partial charge on any atom is 0.328 e. The standard InChI is InChI=1S/C34H31NO4/c1-2-39-34(38)28(22-23-12-6-3-7-13-23)35-33(37)27-20-18-26(19-21-27)32(36)31-29(24-14-8-4-9-15-24)30(31)25-16-10-5-11-17-25/h3-21,28-31H,2,22H2,1H3,(H,35,37)/t28-,29-,30+,31?/m0/s1. The first-order valence-electron chi connectivity index (χ1n) is 13.3. The lowest BCUT2D eigenvalue weighted by atomic mass is 10.0. The molecule has 5 heteroatoms. The number of rotatable bonds is 10. The fraction of sp³-hybridized carbons (Fsp3) is 0.206. The van der Waals surface area contributed by atoms with Gasteiger partial charge in [-0.05, 0) is 35.7 Å². The predicted molar refractivity (Wildman–Crippen MR) is 151 cm³/mol. The molecule has 39 heavy (non-hydrogen) atoms. The number of amides is 1. The molecule has 1 fully saturated rings. The molecule has 0 heterocycles. The van der Waals surface area contributed by atoms with Crippen molar-refractivity contribution in [2.24, 2.45) is 5.92 Å². The topological polar surface area (TPSA) is 72.5 Å². The molecule has 0 saturated heterocycles. The number of nitrogens with one attached hydrogen (secondary N) is 1. The van der Waals surface area contributed by atoms with Crippen LogP contribution in [0.5, 0.6) is 0 Å². The number of Topliss-reactive ketones (excluding diaryl/α,β-unsaturated/α-hetero) is 1. The van der Waals surface area contributed by atoms with E-state index in [1.165, 1.54) is 0 Å². The molecule has 0 spiro atoms. The van der Waals surface area contributed by atoms with Crippen molar-refractivity contribution >= 4 is 17.7 Å². The Morgan fingerprint density at radius 1 is 0.692 bits per heavy atom. The first-order valence-corrected chi connectivity index (χ1v) is 13.3. The van der Waals surface area contributed by atoms with E-state index in [0.717, 1.165) is 16.7 Å². The van der Waals surface area contributed by atoms with E-state index >= 15 is 0 Å². The molecule has 4 aromatic carbocycles. The van der Waals surface area contributed by atoms with Crippen LogP contribution in [-0.2, 0) is 16.0 Å². The van der Waals surface area contributed by atoms with Crippen molar-refractivity contribution in [1.29, 1.82) is 0 Å². The van der Waals surface area contributed by atoms with Crippen molar-refractivity contribution in [3.8, 4) is 0 Å². The minimum absolute atomic E-state index is 0.0677. The summed E-state index contributed by atoms with van der Waals surface area (Å²) in [5.41, 5.74) is 4.18. The molecule has 4 aromatic rings. The van der Waals surface area contributed by atoms with Crippen LogP contribution in [0.4, 0.5) is 0 Å². The van der Waals surface area contributed by atoms with E-state index in [1.54, 1.807) is 31.2 Å². The van der Waals surface area contributed by atoms with Gasteiger partial charge in [-0.2, -0.15) is 0 Å². The second kappa shape index (κ2) is 11.9. The van der Waals surface area contributed by atoms with Crippen molar-refractivity contribution in [2.45, 2.75) is 31.2 Å². The third-order valence-corrected chi connectivity index (χ3v) is 7.28. The fourth-order valence-corrected chi connectivity index (χ4v) is 5.32. The predicted octanol–water partition coefficient (Wildman–Crippen LogP) is 5.97. The van der Waals surface area contributed by atoms with Gasteiger partial charge in [0.05, 0.1) is 6.61 Å². The summed E-state index contributed by atoms with van der Waals surface area (Å²) in [6.07, 6.45) is 0.325. The van der Waals surface area contributed by atoms with Crippen LogP contribution in [-0.4, -0.2) is 30.3 Å². The quantitative estimate of drug-likeness (QED) is 0.208. The molecule has 1 aliphatic rings. The average molecular weight is 518 g/mol. The van der Waals surface area contributed by atoms with Crippen LogP contribution in [0.15, 0.2) is 115 Å². The van der Waals surface area contributed by atoms with Crippen molar-refractivity contribution in [1.82, 2.24) is 5.32 Å². The first kappa shape index (κ1) is 26.1. The van der Waals surface area contributed by atoms with E-state index in [-0.39, 0.29) is 30.1 Å². The molecule has 0 aliphatic heterocycles. The third kappa shape index (κ3) is 5.99. The fourth-order valence-electron chi connectivity index (χ4n) is 5.32. The average Bonchev–Trinajstić information content (AvgIpc) is 3.74. The van der Waals surface area contributed by atoms with E-state index in [4.69, 9.17) is 4.74 Å². The van der Waals surface area contributed by atoms with E-state index in [2.05, 4.69) is 29.6 Å². The number of carbonyl (C=O) groups is 3. The van der Waals surface area contributed by atoms with Gasteiger partial charge in [0.2, 0.25) is 0 Å². The number of benzene rings is 4. The Morgan fingerprint density at radius 3 is 1.69 bits per heavy atom. The van der Waals surface area contributed by atoms with Gasteiger partial charge in [0.1, 0.15) is 6.04 Å². The van der Waals surface area contributed by atoms with E-state index in [0.29, 0.717) is 17.5 Å². The summed E-state index contributed by atoms with van der Waals surface area (Å²) in [6, 6.07) is 35.7. The van der Waals surface area contributed by atoms with Gasteiger partial charge >= 0.3 is 5.97 Å². The number of carbonyl (C=O) groups excluding carboxylic acids is 3. The highest BCUT2D eigenvalue weighted by Gasteiger charge is 2.55. The van der Waals surface area contributed by atoms with Gasteiger partial charge < -0.3 is 10.1 Å². The van der Waals surface area contributed by atoms with Gasteiger partial charge in [0, 0.05) is 35.3 Å². The van der Waals surface area contributed by atoms with Gasteiger partial charge in [0.25, 0.3) is 5.91 Å². The Hall–Kier alpha value is -4.51. The van der Waals surface area contributed by atoms with E-state index in [9.17, 15) is 14.4 Å². The molecular formula is C34H31NO4. The molecule has 1 saturated carbocycles. The van der Waals surface area contributed by atoms with Gasteiger partial charge in [-0.1, -0.05) is 103 Å². The molecule has 1 amide bonds. The lowest BCUT2D eigenvalue weighted by Crippen LogP contribution is -2.43. The van der Waals surface area contributed by atoms with Crippen LogP contribution in [0.2, 0.25) is 0 Å². The monoisotopic (exact) mass is 517 g/mol. The normalized spacial score (nSPS) is 18.5. The molecule has 0 bridgehead atoms. The molecule has 1 unspecified atom stereocenters. The second-order valence-corrected chi connectivity index (χ2v) is 9.81. The molecule has 0 radical (unpaired) electrons. The zero-order valence-electron chi connectivity index (χ0n) is 21.8. The Labute approximate surface area is 228 Å². The summed E-state index contributed by atoms with van der Waals surface area (Å²) in [4.78, 5) is 39.2. The molecule has 1 N–H and O–H groups in total. The maximum atomic E-state index is 13.6. The Kier molecular flexibility index (Phi) is 7.97. The van der Waals surface area contributed by atoms with Crippen molar-refractivity contribution < 1.29 is 19.1 Å². The van der Waals surface area contributed by atoms with E-state index < -0.39 is 17.9 Å². The minimum Gasteiger partial charge on any atom is -0.464 e. The second-order valence-electron chi connectivity index (χ2n) is 9.81. The van der Waals surface area contributed by atoms with Crippen LogP contribution < -0.4 is 5.32 Å². The molecule has 5 nitrogen and oxygen atoms in total. The molecule has 4 atom stereocenters. The summed E-state index contributed by atoms with van der Waals surface area (Å²) in [6.45, 7) is 1.96. The Morgan fingerprint density at radius 2 is 1.18 bits per heavy atom. The summed E-state index contributed by atoms with van der Waals surface area (Å²) in [7, 11) is 0. The number of esters is 1. The Bertz CT molecular complexity index is 1370. The highest BCUT2D eigenvalue weighted by Crippen LogP contribution is 2.61. The van der Waals surface area contributed by atoms with Crippen LogP contribution >= 0.6 is 0 Å². The first-order chi connectivity index (χ1) is 19.1.